The Labute approximate surface area is 103 Å². The van der Waals surface area contributed by atoms with Crippen LogP contribution < -0.4 is 5.73 Å². The third kappa shape index (κ3) is 3.17. The zero-order chi connectivity index (χ0) is 12.1. The minimum absolute atomic E-state index is 0.0990. The van der Waals surface area contributed by atoms with Crippen LogP contribution in [-0.2, 0) is 4.79 Å². The molecule has 1 fully saturated rings. The number of nitrogens with two attached hydrogens (primary N) is 1. The Hall–Kier alpha value is -0.640. The Balaban J connectivity index is 2.65. The van der Waals surface area contributed by atoms with Crippen LogP contribution in [-0.4, -0.2) is 28.4 Å². The molecule has 0 bridgehead atoms. The average molecular weight is 242 g/mol. The van der Waals surface area contributed by atoms with Gasteiger partial charge in [-0.05, 0) is 26.7 Å². The summed E-state index contributed by atoms with van der Waals surface area (Å²) in [5.74, 6) is -0.223. The van der Waals surface area contributed by atoms with E-state index in [1.165, 1.54) is 19.3 Å². The van der Waals surface area contributed by atoms with Crippen LogP contribution in [0.2, 0.25) is 0 Å². The van der Waals surface area contributed by atoms with Crippen LogP contribution in [0.5, 0.6) is 0 Å². The third-order valence-corrected chi connectivity index (χ3v) is 3.79. The molecule has 16 heavy (non-hydrogen) atoms. The summed E-state index contributed by atoms with van der Waals surface area (Å²) in [6.07, 6.45) is 6.02. The van der Waals surface area contributed by atoms with Crippen LogP contribution in [0.3, 0.4) is 0 Å². The fourth-order valence-electron chi connectivity index (χ4n) is 2.36. The van der Waals surface area contributed by atoms with E-state index in [-0.39, 0.29) is 11.8 Å². The summed E-state index contributed by atoms with van der Waals surface area (Å²) in [7, 11) is 0. The number of amides is 1. The van der Waals surface area contributed by atoms with Crippen molar-refractivity contribution >= 4 is 23.1 Å². The lowest BCUT2D eigenvalue weighted by atomic mass is 9.93. The maximum Gasteiger partial charge on any atom is 0.232 e. The molecule has 0 radical (unpaired) electrons. The highest BCUT2D eigenvalue weighted by Gasteiger charge is 2.28. The van der Waals surface area contributed by atoms with Crippen molar-refractivity contribution in [3.8, 4) is 0 Å². The van der Waals surface area contributed by atoms with Crippen LogP contribution in [0, 0.1) is 5.92 Å². The molecule has 1 rings (SSSR count). The summed E-state index contributed by atoms with van der Waals surface area (Å²) >= 11 is 4.89. The van der Waals surface area contributed by atoms with Gasteiger partial charge in [0.05, 0.1) is 10.9 Å². The van der Waals surface area contributed by atoms with Crippen molar-refractivity contribution < 1.29 is 4.79 Å². The molecule has 1 atom stereocenters. The standard InChI is InChI=1S/C12H22N2OS/c1-3-14(10-7-5-4-6-8-10)12(15)9(2)11(13)16/h9-10H,3-8H2,1-2H3,(H2,13,16). The topological polar surface area (TPSA) is 46.3 Å². The van der Waals surface area contributed by atoms with Crippen LogP contribution in [0.4, 0.5) is 0 Å². The van der Waals surface area contributed by atoms with Gasteiger partial charge in [-0.1, -0.05) is 31.5 Å². The van der Waals surface area contributed by atoms with E-state index in [4.69, 9.17) is 18.0 Å². The van der Waals surface area contributed by atoms with Crippen LogP contribution in [0.15, 0.2) is 0 Å². The van der Waals surface area contributed by atoms with Crippen molar-refractivity contribution in [1.82, 2.24) is 4.90 Å². The molecular weight excluding hydrogens is 220 g/mol. The molecule has 92 valence electrons. The van der Waals surface area contributed by atoms with E-state index < -0.39 is 0 Å². The summed E-state index contributed by atoms with van der Waals surface area (Å²) < 4.78 is 0. The first kappa shape index (κ1) is 13.4. The Kier molecular flexibility index (Phi) is 5.19. The molecule has 0 aromatic carbocycles. The summed E-state index contributed by atoms with van der Waals surface area (Å²) in [5, 5.41) is 0. The van der Waals surface area contributed by atoms with Crippen LogP contribution >= 0.6 is 12.2 Å². The van der Waals surface area contributed by atoms with E-state index >= 15 is 0 Å². The molecule has 1 aliphatic rings. The summed E-state index contributed by atoms with van der Waals surface area (Å²) in [6.45, 7) is 4.59. The Morgan fingerprint density at radius 2 is 2.00 bits per heavy atom. The third-order valence-electron chi connectivity index (χ3n) is 3.44. The minimum atomic E-state index is -0.322. The van der Waals surface area contributed by atoms with Gasteiger partial charge in [-0.15, -0.1) is 0 Å². The Bertz CT molecular complexity index is 262. The van der Waals surface area contributed by atoms with Crippen molar-refractivity contribution in [2.24, 2.45) is 11.7 Å². The van der Waals surface area contributed by atoms with Gasteiger partial charge in [-0.25, -0.2) is 0 Å². The van der Waals surface area contributed by atoms with Crippen molar-refractivity contribution in [3.05, 3.63) is 0 Å². The predicted octanol–water partition coefficient (Wildman–Crippen LogP) is 2.09. The van der Waals surface area contributed by atoms with E-state index in [0.717, 1.165) is 19.4 Å². The van der Waals surface area contributed by atoms with Gasteiger partial charge in [0.1, 0.15) is 0 Å². The lowest BCUT2D eigenvalue weighted by Crippen LogP contribution is -2.46. The second-order valence-electron chi connectivity index (χ2n) is 4.54. The maximum absolute atomic E-state index is 12.2. The molecule has 1 aliphatic carbocycles. The van der Waals surface area contributed by atoms with Gasteiger partial charge in [-0.3, -0.25) is 4.79 Å². The van der Waals surface area contributed by atoms with Crippen LogP contribution in [0.1, 0.15) is 46.0 Å². The molecule has 0 aromatic heterocycles. The highest BCUT2D eigenvalue weighted by Crippen LogP contribution is 2.23. The number of carbonyl (C=O) groups is 1. The second-order valence-corrected chi connectivity index (χ2v) is 5.01. The SMILES string of the molecule is CCN(C(=O)C(C)C(N)=S)C1CCCCC1. The fourth-order valence-corrected chi connectivity index (χ4v) is 2.46. The molecule has 4 heteroatoms. The molecule has 1 unspecified atom stereocenters. The van der Waals surface area contributed by atoms with E-state index in [0.29, 0.717) is 11.0 Å². The van der Waals surface area contributed by atoms with Gasteiger partial charge in [0.25, 0.3) is 0 Å². The zero-order valence-electron chi connectivity index (χ0n) is 10.2. The molecule has 0 aliphatic heterocycles. The van der Waals surface area contributed by atoms with Gasteiger partial charge >= 0.3 is 0 Å². The first-order valence-corrected chi connectivity index (χ1v) is 6.58. The molecule has 0 heterocycles. The first-order valence-electron chi connectivity index (χ1n) is 6.17. The first-order chi connectivity index (χ1) is 7.57. The van der Waals surface area contributed by atoms with E-state index in [1.54, 1.807) is 6.92 Å². The monoisotopic (exact) mass is 242 g/mol. The van der Waals surface area contributed by atoms with Gasteiger partial charge in [0.2, 0.25) is 5.91 Å². The van der Waals surface area contributed by atoms with E-state index in [1.807, 2.05) is 11.8 Å². The largest absolute Gasteiger partial charge is 0.393 e. The molecule has 1 amide bonds. The highest BCUT2D eigenvalue weighted by atomic mass is 32.1. The molecule has 0 saturated heterocycles. The zero-order valence-corrected chi connectivity index (χ0v) is 11.1. The van der Waals surface area contributed by atoms with E-state index in [2.05, 4.69) is 0 Å². The number of carbonyl (C=O) groups excluding carboxylic acids is 1. The number of nitrogens with zero attached hydrogens (tertiary/aromatic N) is 1. The van der Waals surface area contributed by atoms with Gasteiger partial charge in [-0.2, -0.15) is 0 Å². The predicted molar refractivity (Wildman–Crippen MR) is 70.2 cm³/mol. The van der Waals surface area contributed by atoms with E-state index in [9.17, 15) is 4.79 Å². The lowest BCUT2D eigenvalue weighted by molar-refractivity contribution is -0.135. The normalized spacial score (nSPS) is 19.1. The lowest BCUT2D eigenvalue weighted by Gasteiger charge is -2.35. The Morgan fingerprint density at radius 3 is 2.44 bits per heavy atom. The minimum Gasteiger partial charge on any atom is -0.393 e. The number of hydrogen-bond acceptors (Lipinski definition) is 2. The number of hydrogen-bond donors (Lipinski definition) is 1. The Morgan fingerprint density at radius 1 is 1.44 bits per heavy atom. The molecular formula is C12H22N2OS. The molecule has 2 N–H and O–H groups in total. The second kappa shape index (κ2) is 6.18. The summed E-state index contributed by atoms with van der Waals surface area (Å²) in [5.41, 5.74) is 5.54. The number of rotatable bonds is 4. The van der Waals surface area contributed by atoms with Gasteiger partial charge in [0, 0.05) is 12.6 Å². The van der Waals surface area contributed by atoms with Crippen molar-refractivity contribution in [2.45, 2.75) is 52.0 Å². The van der Waals surface area contributed by atoms with Crippen molar-refractivity contribution in [2.75, 3.05) is 6.54 Å². The summed E-state index contributed by atoms with van der Waals surface area (Å²) in [4.78, 5) is 14.4. The summed E-state index contributed by atoms with van der Waals surface area (Å²) in [6, 6.07) is 0.406. The maximum atomic E-state index is 12.2. The molecule has 3 nitrogen and oxygen atoms in total. The van der Waals surface area contributed by atoms with Gasteiger partial charge < -0.3 is 10.6 Å². The average Bonchev–Trinajstić information content (AvgIpc) is 2.30. The fraction of sp³-hybridized carbons (Fsp3) is 0.833. The quantitative estimate of drug-likeness (QED) is 0.768. The number of thiocarbonyl (C=S) groups is 1. The van der Waals surface area contributed by atoms with Crippen molar-refractivity contribution in [3.63, 3.8) is 0 Å². The smallest absolute Gasteiger partial charge is 0.232 e. The molecule has 1 saturated carbocycles. The highest BCUT2D eigenvalue weighted by molar-refractivity contribution is 7.80. The van der Waals surface area contributed by atoms with Crippen molar-refractivity contribution in [1.29, 1.82) is 0 Å². The molecule has 0 spiro atoms. The molecule has 0 aromatic rings. The van der Waals surface area contributed by atoms with Crippen LogP contribution in [0.25, 0.3) is 0 Å². The van der Waals surface area contributed by atoms with Gasteiger partial charge in [0.15, 0.2) is 0 Å².